The van der Waals surface area contributed by atoms with Crippen LogP contribution >= 0.6 is 0 Å². The van der Waals surface area contributed by atoms with Crippen molar-refractivity contribution in [2.45, 2.75) is 39.2 Å². The van der Waals surface area contributed by atoms with Crippen molar-refractivity contribution in [3.63, 3.8) is 0 Å². The second-order valence-electron chi connectivity index (χ2n) is 4.81. The van der Waals surface area contributed by atoms with Crippen LogP contribution in [0.15, 0.2) is 0 Å². The van der Waals surface area contributed by atoms with Gasteiger partial charge in [0.1, 0.15) is 5.54 Å². The number of esters is 1. The Morgan fingerprint density at radius 2 is 2.06 bits per heavy atom. The first-order valence-corrected chi connectivity index (χ1v) is 6.06. The summed E-state index contributed by atoms with van der Waals surface area (Å²) in [5, 5.41) is 3.11. The molecule has 1 N–H and O–H groups in total. The van der Waals surface area contributed by atoms with Crippen molar-refractivity contribution in [1.29, 1.82) is 0 Å². The highest BCUT2D eigenvalue weighted by Gasteiger charge is 2.28. The summed E-state index contributed by atoms with van der Waals surface area (Å²) in [6, 6.07) is 0. The summed E-state index contributed by atoms with van der Waals surface area (Å²) in [6.07, 6.45) is 1.99. The predicted octanol–water partition coefficient (Wildman–Crippen LogP) is 1.34. The number of ether oxygens (including phenoxy) is 2. The van der Waals surface area contributed by atoms with E-state index in [0.29, 0.717) is 12.5 Å². The molecule has 1 saturated heterocycles. The highest BCUT2D eigenvalue weighted by molar-refractivity contribution is 5.79. The van der Waals surface area contributed by atoms with E-state index < -0.39 is 5.54 Å². The smallest absolute Gasteiger partial charge is 0.325 e. The molecule has 0 bridgehead atoms. The number of hydrogen-bond acceptors (Lipinski definition) is 4. The minimum absolute atomic E-state index is 0.166. The number of hydrogen-bond donors (Lipinski definition) is 1. The van der Waals surface area contributed by atoms with Crippen LogP contribution in [0.25, 0.3) is 0 Å². The van der Waals surface area contributed by atoms with Gasteiger partial charge in [0, 0.05) is 13.2 Å². The molecule has 1 aliphatic rings. The molecule has 16 heavy (non-hydrogen) atoms. The Morgan fingerprint density at radius 1 is 1.44 bits per heavy atom. The average Bonchev–Trinajstić information content (AvgIpc) is 2.27. The fourth-order valence-corrected chi connectivity index (χ4v) is 1.80. The van der Waals surface area contributed by atoms with Crippen LogP contribution < -0.4 is 5.32 Å². The Balaban J connectivity index is 2.28. The van der Waals surface area contributed by atoms with Crippen LogP contribution in [0.4, 0.5) is 0 Å². The van der Waals surface area contributed by atoms with Crippen LogP contribution in [0.1, 0.15) is 33.6 Å². The maximum absolute atomic E-state index is 11.8. The second-order valence-corrected chi connectivity index (χ2v) is 4.81. The average molecular weight is 229 g/mol. The number of likely N-dealkylation sites (N-methyl/N-ethyl adjacent to an activating group) is 1. The fraction of sp³-hybridized carbons (Fsp3) is 0.917. The van der Waals surface area contributed by atoms with Crippen molar-refractivity contribution in [3.8, 4) is 0 Å². The lowest BCUT2D eigenvalue weighted by Crippen LogP contribution is -2.48. The molecule has 4 heteroatoms. The molecule has 1 heterocycles. The van der Waals surface area contributed by atoms with Gasteiger partial charge in [0.25, 0.3) is 0 Å². The Labute approximate surface area is 97.7 Å². The van der Waals surface area contributed by atoms with Gasteiger partial charge in [0.05, 0.1) is 6.61 Å². The van der Waals surface area contributed by atoms with Crippen LogP contribution in [-0.4, -0.2) is 37.9 Å². The van der Waals surface area contributed by atoms with Gasteiger partial charge in [-0.3, -0.25) is 4.79 Å². The summed E-state index contributed by atoms with van der Waals surface area (Å²) in [4.78, 5) is 11.8. The van der Waals surface area contributed by atoms with Crippen molar-refractivity contribution in [2.24, 2.45) is 5.92 Å². The fourth-order valence-electron chi connectivity index (χ4n) is 1.80. The molecule has 4 nitrogen and oxygen atoms in total. The molecule has 0 saturated carbocycles. The first-order valence-electron chi connectivity index (χ1n) is 6.06. The summed E-state index contributed by atoms with van der Waals surface area (Å²) < 4.78 is 10.6. The van der Waals surface area contributed by atoms with E-state index >= 15 is 0 Å². The lowest BCUT2D eigenvalue weighted by molar-refractivity contribution is -0.152. The lowest BCUT2D eigenvalue weighted by Gasteiger charge is -2.26. The van der Waals surface area contributed by atoms with Gasteiger partial charge < -0.3 is 14.8 Å². The van der Waals surface area contributed by atoms with E-state index in [1.807, 2.05) is 20.8 Å². The lowest BCUT2D eigenvalue weighted by atomic mass is 10.0. The molecule has 0 spiro atoms. The Bertz CT molecular complexity index is 222. The van der Waals surface area contributed by atoms with E-state index in [-0.39, 0.29) is 5.97 Å². The third kappa shape index (κ3) is 4.10. The van der Waals surface area contributed by atoms with Crippen molar-refractivity contribution >= 4 is 5.97 Å². The van der Waals surface area contributed by atoms with Gasteiger partial charge in [-0.15, -0.1) is 0 Å². The van der Waals surface area contributed by atoms with E-state index in [0.717, 1.165) is 32.6 Å². The van der Waals surface area contributed by atoms with Crippen LogP contribution in [0.5, 0.6) is 0 Å². The zero-order valence-electron chi connectivity index (χ0n) is 10.5. The van der Waals surface area contributed by atoms with E-state index in [2.05, 4.69) is 5.32 Å². The molecular formula is C12H23NO3. The van der Waals surface area contributed by atoms with E-state index in [1.165, 1.54) is 0 Å². The molecule has 0 atom stereocenters. The van der Waals surface area contributed by atoms with Gasteiger partial charge in [-0.2, -0.15) is 0 Å². The van der Waals surface area contributed by atoms with Gasteiger partial charge in [-0.1, -0.05) is 6.92 Å². The van der Waals surface area contributed by atoms with Gasteiger partial charge >= 0.3 is 5.97 Å². The first-order chi connectivity index (χ1) is 7.56. The monoisotopic (exact) mass is 229 g/mol. The van der Waals surface area contributed by atoms with Gasteiger partial charge in [-0.05, 0) is 39.2 Å². The molecule has 0 radical (unpaired) electrons. The Hall–Kier alpha value is -0.610. The maximum Gasteiger partial charge on any atom is 0.325 e. The zero-order chi connectivity index (χ0) is 12.0. The summed E-state index contributed by atoms with van der Waals surface area (Å²) in [5.74, 6) is 0.302. The highest BCUT2D eigenvalue weighted by atomic mass is 16.5. The molecule has 0 aliphatic carbocycles. The zero-order valence-corrected chi connectivity index (χ0v) is 10.5. The Kier molecular flexibility index (Phi) is 5.22. The number of rotatable bonds is 5. The van der Waals surface area contributed by atoms with Gasteiger partial charge in [0.15, 0.2) is 0 Å². The van der Waals surface area contributed by atoms with E-state index in [9.17, 15) is 4.79 Å². The minimum atomic E-state index is -0.583. The van der Waals surface area contributed by atoms with Crippen LogP contribution in [-0.2, 0) is 14.3 Å². The first kappa shape index (κ1) is 13.5. The molecule has 0 amide bonds. The topological polar surface area (TPSA) is 47.6 Å². The van der Waals surface area contributed by atoms with E-state index in [4.69, 9.17) is 9.47 Å². The maximum atomic E-state index is 11.8. The number of carbonyl (C=O) groups is 1. The van der Waals surface area contributed by atoms with Crippen LogP contribution in [0, 0.1) is 5.92 Å². The quantitative estimate of drug-likeness (QED) is 0.723. The van der Waals surface area contributed by atoms with Crippen LogP contribution in [0.3, 0.4) is 0 Å². The standard InChI is InChI=1S/C12H23NO3/c1-4-13-12(2,3)11(14)16-9-10-5-7-15-8-6-10/h10,13H,4-9H2,1-3H3. The Morgan fingerprint density at radius 3 is 2.62 bits per heavy atom. The third-order valence-corrected chi connectivity index (χ3v) is 2.92. The highest BCUT2D eigenvalue weighted by Crippen LogP contribution is 2.16. The van der Waals surface area contributed by atoms with Gasteiger partial charge in [-0.25, -0.2) is 0 Å². The molecular weight excluding hydrogens is 206 g/mol. The molecule has 94 valence electrons. The molecule has 1 rings (SSSR count). The molecule has 1 fully saturated rings. The summed E-state index contributed by atoms with van der Waals surface area (Å²) in [7, 11) is 0. The predicted molar refractivity (Wildman–Crippen MR) is 62.3 cm³/mol. The van der Waals surface area contributed by atoms with Gasteiger partial charge in [0.2, 0.25) is 0 Å². The number of nitrogens with one attached hydrogen (secondary N) is 1. The molecule has 0 aromatic rings. The molecule has 1 aliphatic heterocycles. The van der Waals surface area contributed by atoms with Crippen LogP contribution in [0.2, 0.25) is 0 Å². The van der Waals surface area contributed by atoms with Crippen molar-refractivity contribution in [3.05, 3.63) is 0 Å². The third-order valence-electron chi connectivity index (χ3n) is 2.92. The normalized spacial score (nSPS) is 18.4. The summed E-state index contributed by atoms with van der Waals surface area (Å²) in [6.45, 7) is 8.55. The molecule has 0 unspecified atom stereocenters. The van der Waals surface area contributed by atoms with Crippen molar-refractivity contribution < 1.29 is 14.3 Å². The largest absolute Gasteiger partial charge is 0.464 e. The molecule has 0 aromatic heterocycles. The summed E-state index contributed by atoms with van der Waals surface area (Å²) in [5.41, 5.74) is -0.583. The summed E-state index contributed by atoms with van der Waals surface area (Å²) >= 11 is 0. The SMILES string of the molecule is CCNC(C)(C)C(=O)OCC1CCOCC1. The van der Waals surface area contributed by atoms with E-state index in [1.54, 1.807) is 0 Å². The van der Waals surface area contributed by atoms with Crippen molar-refractivity contribution in [1.82, 2.24) is 5.32 Å². The second kappa shape index (κ2) is 6.21. The minimum Gasteiger partial charge on any atom is -0.464 e. The number of carbonyl (C=O) groups excluding carboxylic acids is 1. The van der Waals surface area contributed by atoms with Crippen molar-refractivity contribution in [2.75, 3.05) is 26.4 Å². The molecule has 0 aromatic carbocycles.